The van der Waals surface area contributed by atoms with Crippen LogP contribution in [0.1, 0.15) is 87.6 Å². The highest BCUT2D eigenvalue weighted by atomic mass is 16.5. The number of hydrogen-bond acceptors (Lipinski definition) is 4. The van der Waals surface area contributed by atoms with Crippen molar-refractivity contribution in [1.29, 1.82) is 0 Å². The van der Waals surface area contributed by atoms with E-state index >= 15 is 0 Å². The number of nitrogens with one attached hydrogen (secondary N) is 1. The van der Waals surface area contributed by atoms with Crippen molar-refractivity contribution in [2.75, 3.05) is 13.7 Å². The highest BCUT2D eigenvalue weighted by molar-refractivity contribution is 5.90. The van der Waals surface area contributed by atoms with Crippen molar-refractivity contribution >= 4 is 17.8 Å². The van der Waals surface area contributed by atoms with Crippen LogP contribution in [0.2, 0.25) is 0 Å². The minimum atomic E-state index is -0.728. The summed E-state index contributed by atoms with van der Waals surface area (Å²) >= 11 is 0. The molecule has 0 aromatic heterocycles. The number of esters is 1. The molecule has 1 aromatic carbocycles. The van der Waals surface area contributed by atoms with Gasteiger partial charge in [-0.3, -0.25) is 9.59 Å². The van der Waals surface area contributed by atoms with Crippen LogP contribution in [0.4, 0.5) is 0 Å². The monoisotopic (exact) mass is 514 g/mol. The van der Waals surface area contributed by atoms with E-state index in [0.717, 1.165) is 12.0 Å². The number of amides is 2. The number of rotatable bonds is 12. The molecule has 4 atom stereocenters. The molecule has 37 heavy (non-hydrogen) atoms. The fraction of sp³-hybridized carbons (Fsp3) is 0.645. The Morgan fingerprint density at radius 3 is 2.03 bits per heavy atom. The van der Waals surface area contributed by atoms with Crippen molar-refractivity contribution in [3.8, 4) is 0 Å². The van der Waals surface area contributed by atoms with Crippen LogP contribution in [0.3, 0.4) is 0 Å². The van der Waals surface area contributed by atoms with Crippen molar-refractivity contribution in [2.45, 2.75) is 99.6 Å². The summed E-state index contributed by atoms with van der Waals surface area (Å²) in [5.41, 5.74) is 0.634. The van der Waals surface area contributed by atoms with E-state index in [2.05, 4.69) is 33.0 Å². The topological polar surface area (TPSA) is 75.7 Å². The maximum atomic E-state index is 14.0. The Labute approximate surface area is 225 Å². The maximum absolute atomic E-state index is 14.0. The number of nitrogens with zero attached hydrogens (tertiary/aromatic N) is 1. The zero-order valence-electron chi connectivity index (χ0n) is 25.0. The lowest BCUT2D eigenvalue weighted by atomic mass is 9.71. The lowest BCUT2D eigenvalue weighted by Crippen LogP contribution is -2.58. The van der Waals surface area contributed by atoms with Crippen LogP contribution in [0.5, 0.6) is 0 Å². The summed E-state index contributed by atoms with van der Waals surface area (Å²) in [4.78, 5) is 41.6. The standard InChI is InChI=1S/C31H50N2O4/c1-12-21(4)25(20-22(5)29(36)37-14-3)33(11)28(35)26(30(6,7)8)32-27(34)24(13-2)31(9,10)23-18-16-15-17-19-23/h15-21,24-26H,12-14H2,1-11H3,(H,32,34)/b22-20+/t21?,24-,25-,26-/m1/s1. The van der Waals surface area contributed by atoms with Gasteiger partial charge in [-0.25, -0.2) is 4.79 Å². The number of ether oxygens (including phenoxy) is 1. The van der Waals surface area contributed by atoms with Crippen LogP contribution in [0.25, 0.3) is 0 Å². The molecule has 208 valence electrons. The van der Waals surface area contributed by atoms with E-state index in [1.165, 1.54) is 0 Å². The summed E-state index contributed by atoms with van der Waals surface area (Å²) < 4.78 is 5.15. The molecule has 0 aliphatic carbocycles. The first-order valence-corrected chi connectivity index (χ1v) is 13.6. The first-order valence-electron chi connectivity index (χ1n) is 13.6. The Kier molecular flexibility index (Phi) is 12.1. The largest absolute Gasteiger partial charge is 0.463 e. The quantitative estimate of drug-likeness (QED) is 0.278. The second kappa shape index (κ2) is 13.8. The smallest absolute Gasteiger partial charge is 0.333 e. The zero-order chi connectivity index (χ0) is 28.6. The van der Waals surface area contributed by atoms with E-state index in [4.69, 9.17) is 4.74 Å². The fourth-order valence-electron chi connectivity index (χ4n) is 4.80. The van der Waals surface area contributed by atoms with Crippen LogP contribution in [-0.2, 0) is 24.5 Å². The molecule has 0 aliphatic rings. The van der Waals surface area contributed by atoms with Gasteiger partial charge in [0.05, 0.1) is 12.6 Å². The summed E-state index contributed by atoms with van der Waals surface area (Å²) in [6, 6.07) is 8.99. The Morgan fingerprint density at radius 1 is 1.00 bits per heavy atom. The van der Waals surface area contributed by atoms with Gasteiger partial charge in [-0.2, -0.15) is 0 Å². The van der Waals surface area contributed by atoms with Crippen molar-refractivity contribution in [3.05, 3.63) is 47.5 Å². The molecular formula is C31H50N2O4. The van der Waals surface area contributed by atoms with E-state index in [0.29, 0.717) is 18.6 Å². The van der Waals surface area contributed by atoms with E-state index in [1.807, 2.05) is 64.1 Å². The molecule has 2 amide bonds. The lowest BCUT2D eigenvalue weighted by molar-refractivity contribution is -0.142. The first kappa shape index (κ1) is 32.4. The summed E-state index contributed by atoms with van der Waals surface area (Å²) in [7, 11) is 1.75. The second-order valence-electron chi connectivity index (χ2n) is 11.8. The zero-order valence-corrected chi connectivity index (χ0v) is 25.0. The summed E-state index contributed by atoms with van der Waals surface area (Å²) in [6.07, 6.45) is 3.29. The number of benzene rings is 1. The molecule has 1 rings (SSSR count). The van der Waals surface area contributed by atoms with Crippen molar-refractivity contribution < 1.29 is 19.1 Å². The number of carbonyl (C=O) groups excluding carboxylic acids is 3. The summed E-state index contributed by atoms with van der Waals surface area (Å²) in [5, 5.41) is 3.13. The molecule has 6 heteroatoms. The van der Waals surface area contributed by atoms with E-state index in [1.54, 1.807) is 25.8 Å². The van der Waals surface area contributed by atoms with Gasteiger partial charge in [0.1, 0.15) is 6.04 Å². The molecule has 1 aromatic rings. The van der Waals surface area contributed by atoms with Gasteiger partial charge in [0.15, 0.2) is 0 Å². The Hall–Kier alpha value is -2.63. The summed E-state index contributed by atoms with van der Waals surface area (Å²) in [5.74, 6) is -0.890. The molecule has 0 fully saturated rings. The highest BCUT2D eigenvalue weighted by Gasteiger charge is 2.41. The maximum Gasteiger partial charge on any atom is 0.333 e. The van der Waals surface area contributed by atoms with Gasteiger partial charge in [0.25, 0.3) is 0 Å². The molecule has 1 N–H and O–H groups in total. The predicted molar refractivity (Wildman–Crippen MR) is 151 cm³/mol. The molecule has 0 bridgehead atoms. The second-order valence-corrected chi connectivity index (χ2v) is 11.8. The van der Waals surface area contributed by atoms with Crippen LogP contribution >= 0.6 is 0 Å². The molecule has 0 heterocycles. The van der Waals surface area contributed by atoms with Crippen molar-refractivity contribution in [3.63, 3.8) is 0 Å². The average Bonchev–Trinajstić information content (AvgIpc) is 2.84. The SMILES string of the molecule is CCOC(=O)/C(C)=C/[C@H](C(C)CC)N(C)C(=O)[C@@H](NC(=O)[C@@H](CC)C(C)(C)c1ccccc1)C(C)(C)C. The number of hydrogen-bond donors (Lipinski definition) is 1. The molecule has 0 saturated carbocycles. The lowest BCUT2D eigenvalue weighted by Gasteiger charge is -2.40. The molecule has 0 radical (unpaired) electrons. The molecule has 0 saturated heterocycles. The third-order valence-electron chi connectivity index (χ3n) is 7.55. The van der Waals surface area contributed by atoms with Crippen LogP contribution in [0.15, 0.2) is 42.0 Å². The Bertz CT molecular complexity index is 930. The van der Waals surface area contributed by atoms with Gasteiger partial charge in [-0.05, 0) is 37.2 Å². The molecule has 0 aliphatic heterocycles. The molecule has 0 spiro atoms. The Balaban J connectivity index is 3.33. The van der Waals surface area contributed by atoms with E-state index in [9.17, 15) is 14.4 Å². The molecule has 1 unspecified atom stereocenters. The fourth-order valence-corrected chi connectivity index (χ4v) is 4.80. The number of likely N-dealkylation sites (N-methyl/N-ethyl adjacent to an activating group) is 1. The van der Waals surface area contributed by atoms with Gasteiger partial charge in [0, 0.05) is 24.0 Å². The van der Waals surface area contributed by atoms with E-state index < -0.39 is 16.9 Å². The minimum absolute atomic E-state index is 0.107. The normalized spacial score (nSPS) is 15.8. The third-order valence-corrected chi connectivity index (χ3v) is 7.55. The van der Waals surface area contributed by atoms with Crippen molar-refractivity contribution in [1.82, 2.24) is 10.2 Å². The average molecular weight is 515 g/mol. The first-order chi connectivity index (χ1) is 17.1. The van der Waals surface area contributed by atoms with Gasteiger partial charge in [0.2, 0.25) is 11.8 Å². The van der Waals surface area contributed by atoms with Gasteiger partial charge >= 0.3 is 5.97 Å². The molecule has 6 nitrogen and oxygen atoms in total. The van der Waals surface area contributed by atoms with Crippen molar-refractivity contribution in [2.24, 2.45) is 17.3 Å². The van der Waals surface area contributed by atoms with Gasteiger partial charge in [-0.1, -0.05) is 98.2 Å². The minimum Gasteiger partial charge on any atom is -0.463 e. The predicted octanol–water partition coefficient (Wildman–Crippen LogP) is 5.90. The van der Waals surface area contributed by atoms with E-state index in [-0.39, 0.29) is 35.7 Å². The highest BCUT2D eigenvalue weighted by Crippen LogP contribution is 2.35. The summed E-state index contributed by atoms with van der Waals surface area (Å²) in [6.45, 7) is 20.0. The number of carbonyl (C=O) groups is 3. The van der Waals surface area contributed by atoms with Crippen LogP contribution < -0.4 is 5.32 Å². The van der Waals surface area contributed by atoms with Gasteiger partial charge < -0.3 is 15.0 Å². The van der Waals surface area contributed by atoms with Gasteiger partial charge in [-0.15, -0.1) is 0 Å². The third kappa shape index (κ3) is 8.44. The Morgan fingerprint density at radius 2 is 1.57 bits per heavy atom. The molecular weight excluding hydrogens is 464 g/mol. The van der Waals surface area contributed by atoms with Crippen LogP contribution in [0, 0.1) is 17.3 Å². The van der Waals surface area contributed by atoms with Crippen LogP contribution in [-0.4, -0.2) is 48.4 Å².